The standard InChI is InChI=1S/C20H24N4O2S/c1-14-9-5-6-10-16(14)17-22-23-19(26-17)27-15(2)18(25)24(3)20(13-21)11-7-4-8-12-20/h5-6,9-10,15H,4,7-8,11-12H2,1-3H3/t15-/m1/s1. The molecule has 1 aromatic heterocycles. The van der Waals surface area contributed by atoms with Gasteiger partial charge in [0.05, 0.1) is 11.3 Å². The summed E-state index contributed by atoms with van der Waals surface area (Å²) >= 11 is 1.23. The summed E-state index contributed by atoms with van der Waals surface area (Å²) in [5.41, 5.74) is 1.25. The van der Waals surface area contributed by atoms with Crippen LogP contribution in [0.3, 0.4) is 0 Å². The van der Waals surface area contributed by atoms with Crippen LogP contribution in [-0.4, -0.2) is 38.8 Å². The summed E-state index contributed by atoms with van der Waals surface area (Å²) in [6, 6.07) is 10.2. The number of carbonyl (C=O) groups excluding carboxylic acids is 1. The first-order chi connectivity index (χ1) is 13.0. The van der Waals surface area contributed by atoms with Gasteiger partial charge in [-0.15, -0.1) is 10.2 Å². The maximum absolute atomic E-state index is 12.9. The molecule has 0 aliphatic heterocycles. The fourth-order valence-electron chi connectivity index (χ4n) is 3.52. The maximum Gasteiger partial charge on any atom is 0.277 e. The van der Waals surface area contributed by atoms with Gasteiger partial charge >= 0.3 is 0 Å². The molecule has 1 aliphatic carbocycles. The number of rotatable bonds is 5. The summed E-state index contributed by atoms with van der Waals surface area (Å²) in [5.74, 6) is 0.364. The lowest BCUT2D eigenvalue weighted by atomic mass is 9.81. The first kappa shape index (κ1) is 19.4. The minimum absolute atomic E-state index is 0.0842. The van der Waals surface area contributed by atoms with Gasteiger partial charge in [-0.3, -0.25) is 4.79 Å². The Labute approximate surface area is 164 Å². The lowest BCUT2D eigenvalue weighted by Crippen LogP contribution is -2.52. The Morgan fingerprint density at radius 2 is 2.00 bits per heavy atom. The van der Waals surface area contributed by atoms with E-state index in [0.29, 0.717) is 11.1 Å². The van der Waals surface area contributed by atoms with Crippen LogP contribution in [0, 0.1) is 18.3 Å². The Balaban J connectivity index is 1.70. The molecular formula is C20H24N4O2S. The molecule has 27 heavy (non-hydrogen) atoms. The Morgan fingerprint density at radius 3 is 2.67 bits per heavy atom. The molecule has 0 bridgehead atoms. The number of hydrogen-bond acceptors (Lipinski definition) is 6. The van der Waals surface area contributed by atoms with Crippen LogP contribution in [0.1, 0.15) is 44.6 Å². The van der Waals surface area contributed by atoms with Gasteiger partial charge in [-0.25, -0.2) is 0 Å². The third kappa shape index (κ3) is 4.01. The molecule has 0 saturated heterocycles. The zero-order chi connectivity index (χ0) is 19.4. The number of benzene rings is 1. The molecule has 6 nitrogen and oxygen atoms in total. The van der Waals surface area contributed by atoms with Crippen LogP contribution in [0.4, 0.5) is 0 Å². The van der Waals surface area contributed by atoms with Gasteiger partial charge in [-0.05, 0) is 38.3 Å². The zero-order valence-electron chi connectivity index (χ0n) is 15.9. The monoisotopic (exact) mass is 384 g/mol. The fourth-order valence-corrected chi connectivity index (χ4v) is 4.30. The number of nitrogens with zero attached hydrogens (tertiary/aromatic N) is 4. The lowest BCUT2D eigenvalue weighted by molar-refractivity contribution is -0.133. The van der Waals surface area contributed by atoms with E-state index < -0.39 is 10.8 Å². The number of aromatic nitrogens is 2. The van der Waals surface area contributed by atoms with E-state index in [2.05, 4.69) is 16.3 Å². The molecule has 3 rings (SSSR count). The minimum Gasteiger partial charge on any atom is -0.411 e. The van der Waals surface area contributed by atoms with Crippen molar-refractivity contribution in [3.05, 3.63) is 29.8 Å². The molecular weight excluding hydrogens is 360 g/mol. The first-order valence-corrected chi connectivity index (χ1v) is 10.1. The first-order valence-electron chi connectivity index (χ1n) is 9.22. The minimum atomic E-state index is -0.689. The second-order valence-electron chi connectivity index (χ2n) is 7.05. The molecule has 7 heteroatoms. The van der Waals surface area contributed by atoms with Crippen LogP contribution < -0.4 is 0 Å². The average molecular weight is 385 g/mol. The fraction of sp³-hybridized carbons (Fsp3) is 0.500. The van der Waals surface area contributed by atoms with Gasteiger partial charge in [0.1, 0.15) is 5.54 Å². The molecule has 1 atom stereocenters. The van der Waals surface area contributed by atoms with Crippen LogP contribution in [0.25, 0.3) is 11.5 Å². The number of aryl methyl sites for hydroxylation is 1. The molecule has 1 amide bonds. The highest BCUT2D eigenvalue weighted by molar-refractivity contribution is 8.00. The van der Waals surface area contributed by atoms with E-state index in [1.165, 1.54) is 11.8 Å². The zero-order valence-corrected chi connectivity index (χ0v) is 16.8. The van der Waals surface area contributed by atoms with Crippen LogP contribution in [0.15, 0.2) is 33.9 Å². The highest BCUT2D eigenvalue weighted by atomic mass is 32.2. The van der Waals surface area contributed by atoms with Gasteiger partial charge in [0.25, 0.3) is 5.22 Å². The summed E-state index contributed by atoms with van der Waals surface area (Å²) in [6.45, 7) is 3.80. The van der Waals surface area contributed by atoms with E-state index in [-0.39, 0.29) is 5.91 Å². The van der Waals surface area contributed by atoms with Crippen molar-refractivity contribution in [2.24, 2.45) is 0 Å². The number of carbonyl (C=O) groups is 1. The van der Waals surface area contributed by atoms with Crippen molar-refractivity contribution in [1.82, 2.24) is 15.1 Å². The molecule has 0 radical (unpaired) electrons. The molecule has 0 spiro atoms. The Morgan fingerprint density at radius 1 is 1.30 bits per heavy atom. The van der Waals surface area contributed by atoms with Gasteiger partial charge in [0, 0.05) is 12.6 Å². The summed E-state index contributed by atoms with van der Waals surface area (Å²) in [4.78, 5) is 14.5. The maximum atomic E-state index is 12.9. The Kier molecular flexibility index (Phi) is 5.85. The van der Waals surface area contributed by atoms with Crippen molar-refractivity contribution < 1.29 is 9.21 Å². The van der Waals surface area contributed by atoms with Crippen molar-refractivity contribution >= 4 is 17.7 Å². The largest absolute Gasteiger partial charge is 0.411 e. The molecule has 142 valence electrons. The molecule has 1 aromatic carbocycles. The van der Waals surface area contributed by atoms with Gasteiger partial charge in [-0.2, -0.15) is 5.26 Å². The van der Waals surface area contributed by atoms with Crippen molar-refractivity contribution in [2.75, 3.05) is 7.05 Å². The van der Waals surface area contributed by atoms with Gasteiger partial charge in [0.15, 0.2) is 0 Å². The van der Waals surface area contributed by atoms with E-state index in [1.807, 2.05) is 38.1 Å². The Bertz CT molecular complexity index is 852. The molecule has 1 saturated carbocycles. The van der Waals surface area contributed by atoms with Crippen molar-refractivity contribution in [1.29, 1.82) is 5.26 Å². The Hall–Kier alpha value is -2.33. The SMILES string of the molecule is Cc1ccccc1-c1nnc(S[C@H](C)C(=O)N(C)C2(C#N)CCCCC2)o1. The second-order valence-corrected chi connectivity index (χ2v) is 8.34. The number of thioether (sulfide) groups is 1. The second kappa shape index (κ2) is 8.13. The molecule has 1 fully saturated rings. The molecule has 2 aromatic rings. The molecule has 0 unspecified atom stereocenters. The van der Waals surface area contributed by atoms with E-state index in [4.69, 9.17) is 4.42 Å². The lowest BCUT2D eigenvalue weighted by Gasteiger charge is -2.39. The van der Waals surface area contributed by atoms with Gasteiger partial charge < -0.3 is 9.32 Å². The number of nitriles is 1. The highest BCUT2D eigenvalue weighted by Crippen LogP contribution is 2.35. The summed E-state index contributed by atoms with van der Waals surface area (Å²) in [6.07, 6.45) is 4.56. The topological polar surface area (TPSA) is 83.0 Å². The normalized spacial score (nSPS) is 17.1. The van der Waals surface area contributed by atoms with E-state index in [1.54, 1.807) is 11.9 Å². The summed E-state index contributed by atoms with van der Waals surface area (Å²) in [7, 11) is 1.74. The molecule has 0 N–H and O–H groups in total. The number of amides is 1. The van der Waals surface area contributed by atoms with E-state index in [0.717, 1.165) is 43.2 Å². The van der Waals surface area contributed by atoms with E-state index >= 15 is 0 Å². The van der Waals surface area contributed by atoms with Crippen LogP contribution >= 0.6 is 11.8 Å². The highest BCUT2D eigenvalue weighted by Gasteiger charge is 2.40. The predicted molar refractivity (Wildman–Crippen MR) is 104 cm³/mol. The molecule has 1 aliphatic rings. The van der Waals surface area contributed by atoms with Crippen molar-refractivity contribution in [2.45, 2.75) is 62.0 Å². The van der Waals surface area contributed by atoms with Crippen LogP contribution in [-0.2, 0) is 4.79 Å². The van der Waals surface area contributed by atoms with E-state index in [9.17, 15) is 10.1 Å². The van der Waals surface area contributed by atoms with Crippen molar-refractivity contribution in [3.8, 4) is 17.5 Å². The molecule has 1 heterocycles. The van der Waals surface area contributed by atoms with Gasteiger partial charge in [-0.1, -0.05) is 49.2 Å². The predicted octanol–water partition coefficient (Wildman–Crippen LogP) is 4.21. The number of hydrogen-bond donors (Lipinski definition) is 0. The van der Waals surface area contributed by atoms with Gasteiger partial charge in [0.2, 0.25) is 11.8 Å². The van der Waals surface area contributed by atoms with Crippen LogP contribution in [0.2, 0.25) is 0 Å². The smallest absolute Gasteiger partial charge is 0.277 e. The van der Waals surface area contributed by atoms with Crippen LogP contribution in [0.5, 0.6) is 0 Å². The average Bonchev–Trinajstić information content (AvgIpc) is 3.15. The third-order valence-electron chi connectivity index (χ3n) is 5.27. The summed E-state index contributed by atoms with van der Waals surface area (Å²) in [5, 5.41) is 17.8. The third-order valence-corrected chi connectivity index (χ3v) is 6.19. The summed E-state index contributed by atoms with van der Waals surface area (Å²) < 4.78 is 5.75. The van der Waals surface area contributed by atoms with Crippen molar-refractivity contribution in [3.63, 3.8) is 0 Å². The quantitative estimate of drug-likeness (QED) is 0.718.